The van der Waals surface area contributed by atoms with E-state index in [1.807, 2.05) is 0 Å². The van der Waals surface area contributed by atoms with Gasteiger partial charge in [-0.1, -0.05) is 11.6 Å². The topological polar surface area (TPSA) is 96.9 Å². The van der Waals surface area contributed by atoms with Gasteiger partial charge in [0, 0.05) is 5.69 Å². The summed E-state index contributed by atoms with van der Waals surface area (Å²) >= 11 is 11.5. The highest BCUT2D eigenvalue weighted by atomic mass is 35.5. The summed E-state index contributed by atoms with van der Waals surface area (Å²) in [5.74, 6) is -0.656. The van der Waals surface area contributed by atoms with E-state index in [1.54, 1.807) is 6.07 Å². The average Bonchev–Trinajstić information content (AvgIpc) is 2.69. The summed E-state index contributed by atoms with van der Waals surface area (Å²) in [5.41, 5.74) is 1.13. The van der Waals surface area contributed by atoms with E-state index in [4.69, 9.17) is 23.2 Å². The largest absolute Gasteiger partial charge is 0.337 e. The number of fused-ring (bicyclic) bond motifs is 1. The number of benzene rings is 1. The van der Waals surface area contributed by atoms with E-state index in [0.717, 1.165) is 0 Å². The van der Waals surface area contributed by atoms with E-state index in [1.165, 1.54) is 12.1 Å². The zero-order chi connectivity index (χ0) is 14.3. The monoisotopic (exact) mass is 309 g/mol. The van der Waals surface area contributed by atoms with E-state index in [9.17, 15) is 9.59 Å². The van der Waals surface area contributed by atoms with E-state index in [2.05, 4.69) is 25.8 Å². The first-order valence-corrected chi connectivity index (χ1v) is 6.12. The summed E-state index contributed by atoms with van der Waals surface area (Å²) in [7, 11) is 0. The van der Waals surface area contributed by atoms with E-state index in [0.29, 0.717) is 11.3 Å². The molecular weight excluding hydrogens is 305 g/mol. The van der Waals surface area contributed by atoms with Crippen LogP contribution in [0.1, 0.15) is 20.7 Å². The number of hydrogen-bond acceptors (Lipinski definition) is 6. The number of carbonyl (C=O) groups is 2. The SMILES string of the molecule is O=C1NC(=O)c2cc(Nc3nc(Cl)nnc3Cl)ccc21. The molecule has 7 nitrogen and oxygen atoms in total. The maximum Gasteiger partial charge on any atom is 0.259 e. The normalized spacial score (nSPS) is 13.1. The van der Waals surface area contributed by atoms with Crippen LogP contribution >= 0.6 is 23.2 Å². The number of anilines is 2. The molecule has 0 bridgehead atoms. The van der Waals surface area contributed by atoms with Crippen LogP contribution in [0.2, 0.25) is 10.4 Å². The molecular formula is C11H5Cl2N5O2. The smallest absolute Gasteiger partial charge is 0.259 e. The number of nitrogens with zero attached hydrogens (tertiary/aromatic N) is 3. The molecule has 9 heteroatoms. The molecule has 0 spiro atoms. The highest BCUT2D eigenvalue weighted by Gasteiger charge is 2.26. The molecule has 1 aliphatic rings. The number of carbonyl (C=O) groups excluding carboxylic acids is 2. The Morgan fingerprint density at radius 1 is 1.05 bits per heavy atom. The van der Waals surface area contributed by atoms with Crippen molar-refractivity contribution in [1.29, 1.82) is 0 Å². The molecule has 0 unspecified atom stereocenters. The van der Waals surface area contributed by atoms with Crippen LogP contribution in [0.25, 0.3) is 0 Å². The highest BCUT2D eigenvalue weighted by molar-refractivity contribution is 6.32. The molecule has 1 aliphatic heterocycles. The van der Waals surface area contributed by atoms with Gasteiger partial charge >= 0.3 is 0 Å². The van der Waals surface area contributed by atoms with Gasteiger partial charge in [-0.05, 0) is 29.8 Å². The van der Waals surface area contributed by atoms with Gasteiger partial charge < -0.3 is 5.32 Å². The standard InChI is InChI=1S/C11H5Cl2N5O2/c12-7-8(15-11(13)18-17-7)14-4-1-2-5-6(3-4)10(20)16-9(5)19/h1-3H,(H,14,15,18)(H,16,19,20). The van der Waals surface area contributed by atoms with E-state index in [-0.39, 0.29) is 21.8 Å². The Balaban J connectivity index is 1.97. The summed E-state index contributed by atoms with van der Waals surface area (Å²) in [6, 6.07) is 4.66. The molecule has 100 valence electrons. The first-order valence-electron chi connectivity index (χ1n) is 5.37. The lowest BCUT2D eigenvalue weighted by Crippen LogP contribution is -2.19. The van der Waals surface area contributed by atoms with Crippen molar-refractivity contribution in [2.75, 3.05) is 5.32 Å². The minimum absolute atomic E-state index is 0.0374. The van der Waals surface area contributed by atoms with Crippen molar-refractivity contribution in [1.82, 2.24) is 20.5 Å². The van der Waals surface area contributed by atoms with Gasteiger partial charge in [0.05, 0.1) is 11.1 Å². The molecule has 20 heavy (non-hydrogen) atoms. The third-order valence-corrected chi connectivity index (χ3v) is 3.03. The van der Waals surface area contributed by atoms with Crippen LogP contribution < -0.4 is 10.6 Å². The minimum atomic E-state index is -0.446. The Labute approximate surface area is 122 Å². The second-order valence-corrected chi connectivity index (χ2v) is 4.58. The van der Waals surface area contributed by atoms with Crippen molar-refractivity contribution in [3.8, 4) is 0 Å². The van der Waals surface area contributed by atoms with Gasteiger partial charge in [-0.15, -0.1) is 10.2 Å². The molecule has 2 N–H and O–H groups in total. The van der Waals surface area contributed by atoms with Crippen molar-refractivity contribution >= 4 is 46.5 Å². The van der Waals surface area contributed by atoms with Gasteiger partial charge in [0.15, 0.2) is 11.0 Å². The lowest BCUT2D eigenvalue weighted by atomic mass is 10.1. The van der Waals surface area contributed by atoms with Crippen molar-refractivity contribution in [3.05, 3.63) is 39.8 Å². The predicted molar refractivity (Wildman–Crippen MR) is 71.4 cm³/mol. The van der Waals surface area contributed by atoms with E-state index >= 15 is 0 Å². The number of hydrogen-bond donors (Lipinski definition) is 2. The summed E-state index contributed by atoms with van der Waals surface area (Å²) in [4.78, 5) is 26.9. The van der Waals surface area contributed by atoms with Crippen LogP contribution in [-0.4, -0.2) is 27.0 Å². The first-order chi connectivity index (χ1) is 9.54. The molecule has 0 aliphatic carbocycles. The molecule has 1 aromatic heterocycles. The summed E-state index contributed by atoms with van der Waals surface area (Å²) in [6.07, 6.45) is 0. The number of halogens is 2. The maximum absolute atomic E-state index is 11.6. The van der Waals surface area contributed by atoms with Crippen molar-refractivity contribution in [2.24, 2.45) is 0 Å². The number of rotatable bonds is 2. The highest BCUT2D eigenvalue weighted by Crippen LogP contribution is 2.25. The fourth-order valence-corrected chi connectivity index (χ4v) is 2.00. The lowest BCUT2D eigenvalue weighted by molar-refractivity contribution is 0.0879. The number of amides is 2. The first kappa shape index (κ1) is 12.8. The van der Waals surface area contributed by atoms with Gasteiger partial charge in [0.25, 0.3) is 11.8 Å². The lowest BCUT2D eigenvalue weighted by Gasteiger charge is -2.07. The molecule has 0 radical (unpaired) electrons. The van der Waals surface area contributed by atoms with Crippen molar-refractivity contribution < 1.29 is 9.59 Å². The molecule has 0 saturated carbocycles. The Morgan fingerprint density at radius 3 is 2.60 bits per heavy atom. The molecule has 2 heterocycles. The Hall–Kier alpha value is -2.25. The zero-order valence-electron chi connectivity index (χ0n) is 9.65. The third kappa shape index (κ3) is 2.17. The molecule has 2 amide bonds. The molecule has 0 saturated heterocycles. The molecule has 0 atom stereocenters. The Kier molecular flexibility index (Phi) is 3.00. The molecule has 0 fully saturated rings. The third-order valence-electron chi connectivity index (χ3n) is 2.62. The predicted octanol–water partition coefficient (Wildman–Crippen LogP) is 1.81. The van der Waals surface area contributed by atoms with Crippen LogP contribution in [0.3, 0.4) is 0 Å². The summed E-state index contributed by atoms with van der Waals surface area (Å²) in [6.45, 7) is 0. The average molecular weight is 310 g/mol. The van der Waals surface area contributed by atoms with Crippen LogP contribution in [0.4, 0.5) is 11.5 Å². The number of imide groups is 1. The van der Waals surface area contributed by atoms with E-state index < -0.39 is 11.8 Å². The molecule has 1 aromatic carbocycles. The van der Waals surface area contributed by atoms with Crippen molar-refractivity contribution in [2.45, 2.75) is 0 Å². The second-order valence-electron chi connectivity index (χ2n) is 3.89. The second kappa shape index (κ2) is 4.69. The van der Waals surface area contributed by atoms with Crippen LogP contribution in [-0.2, 0) is 0 Å². The van der Waals surface area contributed by atoms with Gasteiger partial charge in [-0.2, -0.15) is 4.98 Å². The van der Waals surface area contributed by atoms with Gasteiger partial charge in [-0.25, -0.2) is 0 Å². The number of nitrogens with one attached hydrogen (secondary N) is 2. The van der Waals surface area contributed by atoms with Gasteiger partial charge in [0.2, 0.25) is 5.28 Å². The minimum Gasteiger partial charge on any atom is -0.337 e. The van der Waals surface area contributed by atoms with Gasteiger partial charge in [-0.3, -0.25) is 14.9 Å². The Bertz CT molecular complexity index is 750. The summed E-state index contributed by atoms with van der Waals surface area (Å²) < 4.78 is 0. The summed E-state index contributed by atoms with van der Waals surface area (Å²) in [5, 5.41) is 12.1. The zero-order valence-corrected chi connectivity index (χ0v) is 11.2. The fourth-order valence-electron chi connectivity index (χ4n) is 1.76. The van der Waals surface area contributed by atoms with Crippen LogP contribution in [0.15, 0.2) is 18.2 Å². The van der Waals surface area contributed by atoms with Crippen molar-refractivity contribution in [3.63, 3.8) is 0 Å². The fraction of sp³-hybridized carbons (Fsp3) is 0. The quantitative estimate of drug-likeness (QED) is 0.821. The van der Waals surface area contributed by atoms with Crippen LogP contribution in [0.5, 0.6) is 0 Å². The Morgan fingerprint density at radius 2 is 1.80 bits per heavy atom. The molecule has 2 aromatic rings. The van der Waals surface area contributed by atoms with Gasteiger partial charge in [0.1, 0.15) is 0 Å². The number of aromatic nitrogens is 3. The van der Waals surface area contributed by atoms with Crippen LogP contribution in [0, 0.1) is 0 Å². The maximum atomic E-state index is 11.6. The molecule has 3 rings (SSSR count).